The average Bonchev–Trinajstić information content (AvgIpc) is 2.18. The summed E-state index contributed by atoms with van der Waals surface area (Å²) in [5.41, 5.74) is 5.87. The van der Waals surface area contributed by atoms with Gasteiger partial charge in [0.05, 0.1) is 0 Å². The van der Waals surface area contributed by atoms with Gasteiger partial charge in [-0.2, -0.15) is 0 Å². The largest absolute Gasteiger partial charge is 0.261 e. The van der Waals surface area contributed by atoms with E-state index in [9.17, 15) is 0 Å². The fourth-order valence-corrected chi connectivity index (χ4v) is 2.34. The molecule has 1 heteroatoms. The van der Waals surface area contributed by atoms with Crippen LogP contribution in [0.5, 0.6) is 0 Å². The second kappa shape index (κ2) is 3.49. The number of pyridine rings is 1. The van der Waals surface area contributed by atoms with Crippen molar-refractivity contribution >= 4 is 0 Å². The first-order chi connectivity index (χ1) is 6.33. The van der Waals surface area contributed by atoms with Gasteiger partial charge in [-0.3, -0.25) is 4.98 Å². The van der Waals surface area contributed by atoms with Gasteiger partial charge in [-0.25, -0.2) is 0 Å². The first kappa shape index (κ1) is 8.74. The van der Waals surface area contributed by atoms with E-state index in [2.05, 4.69) is 18.8 Å². The molecular formula is C12H17N. The van der Waals surface area contributed by atoms with E-state index in [-0.39, 0.29) is 0 Å². The third-order valence-electron chi connectivity index (χ3n) is 3.05. The molecule has 0 unspecified atom stereocenters. The Hall–Kier alpha value is -0.850. The highest BCUT2D eigenvalue weighted by molar-refractivity contribution is 5.37. The molecule has 0 amide bonds. The van der Waals surface area contributed by atoms with Crippen molar-refractivity contribution < 1.29 is 0 Å². The van der Waals surface area contributed by atoms with Crippen LogP contribution in [0, 0.1) is 6.92 Å². The fourth-order valence-electron chi connectivity index (χ4n) is 2.34. The van der Waals surface area contributed by atoms with Crippen molar-refractivity contribution in [3.63, 3.8) is 0 Å². The number of hydrogen-bond acceptors (Lipinski definition) is 1. The highest BCUT2D eigenvalue weighted by Gasteiger charge is 2.14. The number of aromatic nitrogens is 1. The molecule has 1 aliphatic carbocycles. The van der Waals surface area contributed by atoms with Gasteiger partial charge in [-0.1, -0.05) is 6.92 Å². The lowest BCUT2D eigenvalue weighted by Gasteiger charge is -2.19. The van der Waals surface area contributed by atoms with Gasteiger partial charge in [0.2, 0.25) is 0 Å². The fraction of sp³-hybridized carbons (Fsp3) is 0.583. The molecule has 0 atom stereocenters. The second-order valence-corrected chi connectivity index (χ2v) is 3.91. The van der Waals surface area contributed by atoms with Crippen molar-refractivity contribution in [3.05, 3.63) is 28.6 Å². The number of rotatable bonds is 1. The average molecular weight is 175 g/mol. The Balaban J connectivity index is 2.52. The molecule has 0 radical (unpaired) electrons. The molecule has 0 fully saturated rings. The van der Waals surface area contributed by atoms with Crippen LogP contribution < -0.4 is 0 Å². The highest BCUT2D eigenvalue weighted by atomic mass is 14.7. The summed E-state index contributed by atoms with van der Waals surface area (Å²) in [4.78, 5) is 4.53. The summed E-state index contributed by atoms with van der Waals surface area (Å²) in [6.45, 7) is 4.43. The van der Waals surface area contributed by atoms with Crippen LogP contribution in [-0.2, 0) is 19.3 Å². The maximum Gasteiger partial charge on any atom is 0.0438 e. The standard InChI is InChI=1S/C12H17N/c1-3-10-9(2)8-13-12-7-5-4-6-11(10)12/h8H,3-7H2,1-2H3. The molecule has 1 heterocycles. The van der Waals surface area contributed by atoms with Crippen LogP contribution in [0.1, 0.15) is 42.1 Å². The zero-order chi connectivity index (χ0) is 9.26. The van der Waals surface area contributed by atoms with E-state index < -0.39 is 0 Å². The monoisotopic (exact) mass is 175 g/mol. The Morgan fingerprint density at radius 3 is 2.85 bits per heavy atom. The Kier molecular flexibility index (Phi) is 2.34. The summed E-state index contributed by atoms with van der Waals surface area (Å²) in [5.74, 6) is 0. The Morgan fingerprint density at radius 1 is 1.31 bits per heavy atom. The highest BCUT2D eigenvalue weighted by Crippen LogP contribution is 2.25. The van der Waals surface area contributed by atoms with E-state index >= 15 is 0 Å². The summed E-state index contributed by atoms with van der Waals surface area (Å²) >= 11 is 0. The van der Waals surface area contributed by atoms with Crippen LogP contribution in [0.2, 0.25) is 0 Å². The number of nitrogens with zero attached hydrogens (tertiary/aromatic N) is 1. The first-order valence-electron chi connectivity index (χ1n) is 5.29. The molecule has 1 nitrogen and oxygen atoms in total. The predicted octanol–water partition coefficient (Wildman–Crippen LogP) is 2.83. The maximum absolute atomic E-state index is 4.53. The summed E-state index contributed by atoms with van der Waals surface area (Å²) < 4.78 is 0. The Bertz CT molecular complexity index is 315. The van der Waals surface area contributed by atoms with Crippen LogP contribution in [0.25, 0.3) is 0 Å². The lowest BCUT2D eigenvalue weighted by molar-refractivity contribution is 0.659. The minimum atomic E-state index is 1.16. The van der Waals surface area contributed by atoms with Crippen LogP contribution in [0.3, 0.4) is 0 Å². The SMILES string of the molecule is CCc1c(C)cnc2c1CCCC2. The molecule has 0 aromatic carbocycles. The third kappa shape index (κ3) is 1.48. The van der Waals surface area contributed by atoms with Crippen molar-refractivity contribution in [1.29, 1.82) is 0 Å². The second-order valence-electron chi connectivity index (χ2n) is 3.91. The van der Waals surface area contributed by atoms with Gasteiger partial charge in [0.25, 0.3) is 0 Å². The Morgan fingerprint density at radius 2 is 2.08 bits per heavy atom. The van der Waals surface area contributed by atoms with Crippen LogP contribution in [-0.4, -0.2) is 4.98 Å². The van der Waals surface area contributed by atoms with Gasteiger partial charge in [0.15, 0.2) is 0 Å². The van der Waals surface area contributed by atoms with Crippen molar-refractivity contribution in [2.45, 2.75) is 46.0 Å². The van der Waals surface area contributed by atoms with E-state index in [4.69, 9.17) is 0 Å². The van der Waals surface area contributed by atoms with Crippen LogP contribution in [0.4, 0.5) is 0 Å². The lowest BCUT2D eigenvalue weighted by atomic mass is 9.89. The van der Waals surface area contributed by atoms with Gasteiger partial charge < -0.3 is 0 Å². The molecule has 0 aliphatic heterocycles. The molecule has 13 heavy (non-hydrogen) atoms. The molecule has 1 aromatic rings. The zero-order valence-corrected chi connectivity index (χ0v) is 8.56. The molecule has 1 aromatic heterocycles. The molecular weight excluding hydrogens is 158 g/mol. The first-order valence-corrected chi connectivity index (χ1v) is 5.29. The van der Waals surface area contributed by atoms with Gasteiger partial charge >= 0.3 is 0 Å². The quantitative estimate of drug-likeness (QED) is 0.639. The van der Waals surface area contributed by atoms with Gasteiger partial charge in [0.1, 0.15) is 0 Å². The molecule has 0 saturated carbocycles. The summed E-state index contributed by atoms with van der Waals surface area (Å²) in [6, 6.07) is 0. The molecule has 2 rings (SSSR count). The Labute approximate surface area is 80.2 Å². The molecule has 0 spiro atoms. The third-order valence-corrected chi connectivity index (χ3v) is 3.05. The van der Waals surface area contributed by atoms with E-state index in [1.54, 1.807) is 11.1 Å². The van der Waals surface area contributed by atoms with E-state index in [1.165, 1.54) is 36.9 Å². The summed E-state index contributed by atoms with van der Waals surface area (Å²) in [6.07, 6.45) is 8.34. The lowest BCUT2D eigenvalue weighted by Crippen LogP contribution is -2.09. The van der Waals surface area contributed by atoms with Gasteiger partial charge in [-0.05, 0) is 55.7 Å². The van der Waals surface area contributed by atoms with E-state index in [0.29, 0.717) is 0 Å². The van der Waals surface area contributed by atoms with Crippen LogP contribution in [0.15, 0.2) is 6.20 Å². The zero-order valence-electron chi connectivity index (χ0n) is 8.56. The topological polar surface area (TPSA) is 12.9 Å². The number of hydrogen-bond donors (Lipinski definition) is 0. The van der Waals surface area contributed by atoms with Gasteiger partial charge in [-0.15, -0.1) is 0 Å². The predicted molar refractivity (Wildman–Crippen MR) is 55.0 cm³/mol. The summed E-state index contributed by atoms with van der Waals surface area (Å²) in [7, 11) is 0. The normalized spacial score (nSPS) is 15.5. The minimum absolute atomic E-state index is 1.16. The van der Waals surface area contributed by atoms with Crippen molar-refractivity contribution in [3.8, 4) is 0 Å². The maximum atomic E-state index is 4.53. The summed E-state index contributed by atoms with van der Waals surface area (Å²) in [5, 5.41) is 0. The van der Waals surface area contributed by atoms with Crippen molar-refractivity contribution in [1.82, 2.24) is 4.98 Å². The van der Waals surface area contributed by atoms with Crippen molar-refractivity contribution in [2.24, 2.45) is 0 Å². The number of aryl methyl sites for hydroxylation is 2. The smallest absolute Gasteiger partial charge is 0.0438 e. The van der Waals surface area contributed by atoms with Gasteiger partial charge in [0, 0.05) is 11.9 Å². The molecule has 0 saturated heterocycles. The van der Waals surface area contributed by atoms with E-state index in [0.717, 1.165) is 6.42 Å². The molecule has 0 bridgehead atoms. The number of fused-ring (bicyclic) bond motifs is 1. The molecule has 0 N–H and O–H groups in total. The molecule has 70 valence electrons. The van der Waals surface area contributed by atoms with E-state index in [1.807, 2.05) is 6.20 Å². The van der Waals surface area contributed by atoms with Crippen molar-refractivity contribution in [2.75, 3.05) is 0 Å². The van der Waals surface area contributed by atoms with Crippen LogP contribution >= 0.6 is 0 Å². The molecule has 1 aliphatic rings. The minimum Gasteiger partial charge on any atom is -0.261 e.